The van der Waals surface area contributed by atoms with E-state index in [-0.39, 0.29) is 0 Å². The first-order valence-electron chi connectivity index (χ1n) is 4.84. The molecular formula is C11H10Cl2N2OS. The molecule has 1 aromatic carbocycles. The van der Waals surface area contributed by atoms with E-state index in [1.165, 1.54) is 11.8 Å². The fourth-order valence-corrected chi connectivity index (χ4v) is 2.50. The van der Waals surface area contributed by atoms with Crippen molar-refractivity contribution in [2.45, 2.75) is 24.0 Å². The zero-order valence-corrected chi connectivity index (χ0v) is 11.6. The van der Waals surface area contributed by atoms with Gasteiger partial charge in [0.1, 0.15) is 5.76 Å². The monoisotopic (exact) mass is 288 g/mol. The summed E-state index contributed by atoms with van der Waals surface area (Å²) >= 11 is 13.1. The third-order valence-electron chi connectivity index (χ3n) is 2.26. The Kier molecular flexibility index (Phi) is 3.56. The number of anilines is 1. The van der Waals surface area contributed by atoms with Crippen molar-refractivity contribution >= 4 is 40.7 Å². The van der Waals surface area contributed by atoms with Crippen LogP contribution in [-0.4, -0.2) is 4.98 Å². The molecule has 2 rings (SSSR count). The minimum atomic E-state index is 0.438. The fraction of sp³-hybridized carbons (Fsp3) is 0.182. The summed E-state index contributed by atoms with van der Waals surface area (Å²) < 4.78 is 5.46. The predicted octanol–water partition coefficient (Wildman–Crippen LogP) is 4.33. The summed E-state index contributed by atoms with van der Waals surface area (Å²) in [6.45, 7) is 3.76. The molecule has 90 valence electrons. The van der Waals surface area contributed by atoms with Crippen LogP contribution in [0.3, 0.4) is 0 Å². The van der Waals surface area contributed by atoms with E-state index in [2.05, 4.69) is 4.98 Å². The van der Waals surface area contributed by atoms with Crippen molar-refractivity contribution in [3.63, 3.8) is 0 Å². The van der Waals surface area contributed by atoms with Crippen molar-refractivity contribution in [2.24, 2.45) is 0 Å². The van der Waals surface area contributed by atoms with Gasteiger partial charge in [-0.25, -0.2) is 4.98 Å². The largest absolute Gasteiger partial charge is 0.436 e. The van der Waals surface area contributed by atoms with E-state index in [4.69, 9.17) is 33.4 Å². The molecule has 0 aliphatic carbocycles. The number of nitrogen functional groups attached to an aromatic ring is 1. The summed E-state index contributed by atoms with van der Waals surface area (Å²) in [6, 6.07) is 3.33. The molecule has 0 saturated heterocycles. The highest BCUT2D eigenvalue weighted by molar-refractivity contribution is 7.99. The summed E-state index contributed by atoms with van der Waals surface area (Å²) in [4.78, 5) is 5.04. The zero-order valence-electron chi connectivity index (χ0n) is 9.25. The molecule has 17 heavy (non-hydrogen) atoms. The van der Waals surface area contributed by atoms with Crippen molar-refractivity contribution in [3.05, 3.63) is 33.6 Å². The predicted molar refractivity (Wildman–Crippen MR) is 71.0 cm³/mol. The molecule has 0 spiro atoms. The second-order valence-electron chi connectivity index (χ2n) is 3.53. The molecule has 0 aliphatic heterocycles. The lowest BCUT2D eigenvalue weighted by molar-refractivity contribution is 0.431. The molecule has 2 N–H and O–H groups in total. The lowest BCUT2D eigenvalue weighted by Crippen LogP contribution is -1.89. The molecule has 0 fully saturated rings. The Labute approximate surface area is 113 Å². The van der Waals surface area contributed by atoms with E-state index in [1.807, 2.05) is 13.8 Å². The minimum absolute atomic E-state index is 0.438. The maximum atomic E-state index is 5.94. The van der Waals surface area contributed by atoms with Crippen LogP contribution in [-0.2, 0) is 0 Å². The van der Waals surface area contributed by atoms with E-state index < -0.39 is 0 Å². The molecule has 0 radical (unpaired) electrons. The summed E-state index contributed by atoms with van der Waals surface area (Å²) in [7, 11) is 0. The molecule has 0 atom stereocenters. The molecule has 0 amide bonds. The van der Waals surface area contributed by atoms with Crippen LogP contribution in [0.2, 0.25) is 10.0 Å². The van der Waals surface area contributed by atoms with Crippen LogP contribution in [0.4, 0.5) is 5.69 Å². The summed E-state index contributed by atoms with van der Waals surface area (Å²) in [6.07, 6.45) is 0. The molecule has 1 aromatic heterocycles. The van der Waals surface area contributed by atoms with E-state index >= 15 is 0 Å². The molecule has 0 bridgehead atoms. The van der Waals surface area contributed by atoms with E-state index in [9.17, 15) is 0 Å². The van der Waals surface area contributed by atoms with Crippen LogP contribution in [0.5, 0.6) is 0 Å². The number of halogens is 2. The van der Waals surface area contributed by atoms with Gasteiger partial charge in [-0.05, 0) is 37.7 Å². The number of aromatic nitrogens is 1. The Hall–Kier alpha value is -0.840. The Morgan fingerprint density at radius 3 is 2.47 bits per heavy atom. The van der Waals surface area contributed by atoms with Gasteiger partial charge in [0.25, 0.3) is 5.22 Å². The fourth-order valence-electron chi connectivity index (χ4n) is 1.21. The lowest BCUT2D eigenvalue weighted by Gasteiger charge is -2.04. The number of nitrogens with two attached hydrogens (primary N) is 1. The van der Waals surface area contributed by atoms with Crippen molar-refractivity contribution in [1.29, 1.82) is 0 Å². The average molecular weight is 289 g/mol. The van der Waals surface area contributed by atoms with Gasteiger partial charge in [-0.3, -0.25) is 0 Å². The van der Waals surface area contributed by atoms with Gasteiger partial charge in [-0.15, -0.1) is 0 Å². The molecule has 2 aromatic rings. The van der Waals surface area contributed by atoms with Crippen LogP contribution in [0.25, 0.3) is 0 Å². The Morgan fingerprint density at radius 1 is 1.24 bits per heavy atom. The number of benzene rings is 1. The molecular weight excluding hydrogens is 279 g/mol. The summed E-state index contributed by atoms with van der Waals surface area (Å²) in [5.41, 5.74) is 7.27. The number of hydrogen-bond donors (Lipinski definition) is 1. The normalized spacial score (nSPS) is 10.8. The van der Waals surface area contributed by atoms with Gasteiger partial charge in [0.15, 0.2) is 0 Å². The van der Waals surface area contributed by atoms with Crippen LogP contribution >= 0.6 is 35.0 Å². The summed E-state index contributed by atoms with van der Waals surface area (Å²) in [5.74, 6) is 0.797. The van der Waals surface area contributed by atoms with Gasteiger partial charge in [-0.2, -0.15) is 0 Å². The van der Waals surface area contributed by atoms with Crippen molar-refractivity contribution in [2.75, 3.05) is 5.73 Å². The highest BCUT2D eigenvalue weighted by atomic mass is 35.5. The zero-order chi connectivity index (χ0) is 12.6. The third kappa shape index (κ3) is 2.70. The van der Waals surface area contributed by atoms with Crippen molar-refractivity contribution in [1.82, 2.24) is 4.98 Å². The van der Waals surface area contributed by atoms with Gasteiger partial charge in [-0.1, -0.05) is 23.2 Å². The van der Waals surface area contributed by atoms with Gasteiger partial charge in [0, 0.05) is 10.6 Å². The molecule has 0 unspecified atom stereocenters. The van der Waals surface area contributed by atoms with E-state index in [0.29, 0.717) is 21.0 Å². The number of nitrogens with zero attached hydrogens (tertiary/aromatic N) is 1. The van der Waals surface area contributed by atoms with Gasteiger partial charge < -0.3 is 10.2 Å². The molecule has 3 nitrogen and oxygen atoms in total. The van der Waals surface area contributed by atoms with Crippen LogP contribution in [0.1, 0.15) is 11.5 Å². The van der Waals surface area contributed by atoms with Gasteiger partial charge in [0.2, 0.25) is 0 Å². The van der Waals surface area contributed by atoms with Crippen LogP contribution in [0.15, 0.2) is 26.7 Å². The number of aryl methyl sites for hydroxylation is 2. The second-order valence-corrected chi connectivity index (χ2v) is 5.34. The highest BCUT2D eigenvalue weighted by Gasteiger charge is 2.11. The third-order valence-corrected chi connectivity index (χ3v) is 3.90. The first-order chi connectivity index (χ1) is 7.97. The highest BCUT2D eigenvalue weighted by Crippen LogP contribution is 2.37. The molecule has 1 heterocycles. The molecule has 0 aliphatic rings. The number of rotatable bonds is 2. The van der Waals surface area contributed by atoms with Crippen LogP contribution < -0.4 is 5.73 Å². The van der Waals surface area contributed by atoms with Gasteiger partial charge >= 0.3 is 0 Å². The standard InChI is InChI=1S/C11H10Cl2N2OS/c1-5-6(2)16-11(15-5)17-10-4-8(13)7(12)3-9(10)14/h3-4H,14H2,1-2H3. The van der Waals surface area contributed by atoms with E-state index in [0.717, 1.165) is 16.3 Å². The smallest absolute Gasteiger partial charge is 0.261 e. The molecule has 6 heteroatoms. The molecule has 0 saturated carbocycles. The minimum Gasteiger partial charge on any atom is -0.436 e. The second kappa shape index (κ2) is 4.80. The SMILES string of the molecule is Cc1nc(Sc2cc(Cl)c(Cl)cc2N)oc1C. The topological polar surface area (TPSA) is 52.0 Å². The maximum absolute atomic E-state index is 5.94. The quantitative estimate of drug-likeness (QED) is 0.836. The first kappa shape index (κ1) is 12.6. The van der Waals surface area contributed by atoms with Gasteiger partial charge in [0.05, 0.1) is 15.7 Å². The first-order valence-corrected chi connectivity index (χ1v) is 6.41. The van der Waals surface area contributed by atoms with E-state index in [1.54, 1.807) is 12.1 Å². The average Bonchev–Trinajstić information content (AvgIpc) is 2.55. The number of hydrogen-bond acceptors (Lipinski definition) is 4. The summed E-state index contributed by atoms with van der Waals surface area (Å²) in [5, 5.41) is 1.45. The van der Waals surface area contributed by atoms with Crippen LogP contribution in [0, 0.1) is 13.8 Å². The van der Waals surface area contributed by atoms with Crippen molar-refractivity contribution < 1.29 is 4.42 Å². The number of oxazole rings is 1. The Morgan fingerprint density at radius 2 is 1.88 bits per heavy atom. The Bertz CT molecular complexity index is 549. The lowest BCUT2D eigenvalue weighted by atomic mass is 10.3. The van der Waals surface area contributed by atoms with Crippen molar-refractivity contribution in [3.8, 4) is 0 Å². The Balaban J connectivity index is 2.33. The maximum Gasteiger partial charge on any atom is 0.261 e.